The number of hydrogen-bond donors (Lipinski definition) is 1. The molecule has 98 valence electrons. The van der Waals surface area contributed by atoms with Crippen LogP contribution >= 0.6 is 0 Å². The molecular formula is C16H23NO. The molecule has 2 aromatic rings. The number of aryl methyl sites for hydroxylation is 2. The predicted octanol–water partition coefficient (Wildman–Crippen LogP) is 3.98. The smallest absolute Gasteiger partial charge is 0.137 e. The lowest BCUT2D eigenvalue weighted by atomic mass is 10.0. The van der Waals surface area contributed by atoms with Gasteiger partial charge in [-0.2, -0.15) is 0 Å². The summed E-state index contributed by atoms with van der Waals surface area (Å²) in [5.41, 5.74) is 5.05. The highest BCUT2D eigenvalue weighted by molar-refractivity contribution is 5.84. The molecule has 0 aliphatic carbocycles. The van der Waals surface area contributed by atoms with Crippen LogP contribution in [0.5, 0.6) is 0 Å². The predicted molar refractivity (Wildman–Crippen MR) is 77.1 cm³/mol. The first kappa shape index (κ1) is 13.2. The molecule has 1 heterocycles. The van der Waals surface area contributed by atoms with Crippen molar-refractivity contribution >= 4 is 11.0 Å². The maximum atomic E-state index is 5.72. The molecule has 0 aliphatic heterocycles. The lowest BCUT2D eigenvalue weighted by molar-refractivity contribution is 0.429. The van der Waals surface area contributed by atoms with Gasteiger partial charge in [-0.1, -0.05) is 12.1 Å². The Morgan fingerprint density at radius 3 is 2.56 bits per heavy atom. The van der Waals surface area contributed by atoms with Crippen LogP contribution in [0.4, 0.5) is 0 Å². The summed E-state index contributed by atoms with van der Waals surface area (Å²) in [4.78, 5) is 0. The van der Waals surface area contributed by atoms with E-state index < -0.39 is 0 Å². The van der Waals surface area contributed by atoms with E-state index in [0.717, 1.165) is 18.5 Å². The molecule has 2 heteroatoms. The van der Waals surface area contributed by atoms with Crippen molar-refractivity contribution in [1.29, 1.82) is 0 Å². The van der Waals surface area contributed by atoms with Gasteiger partial charge in [0.25, 0.3) is 0 Å². The zero-order chi connectivity index (χ0) is 13.3. The summed E-state index contributed by atoms with van der Waals surface area (Å²) in [6.07, 6.45) is 2.91. The van der Waals surface area contributed by atoms with Crippen LogP contribution in [0.3, 0.4) is 0 Å². The van der Waals surface area contributed by atoms with Crippen molar-refractivity contribution in [1.82, 2.24) is 5.32 Å². The minimum absolute atomic E-state index is 0.173. The van der Waals surface area contributed by atoms with E-state index in [0.29, 0.717) is 0 Å². The SMILES string of the molecule is Cc1ccc2c(CCNC(C)(C)C)coc2c1C. The van der Waals surface area contributed by atoms with Crippen LogP contribution in [0.1, 0.15) is 37.5 Å². The molecule has 2 rings (SSSR count). The van der Waals surface area contributed by atoms with E-state index in [-0.39, 0.29) is 5.54 Å². The molecule has 0 saturated heterocycles. The average molecular weight is 245 g/mol. The summed E-state index contributed by atoms with van der Waals surface area (Å²) < 4.78 is 5.72. The van der Waals surface area contributed by atoms with E-state index >= 15 is 0 Å². The third kappa shape index (κ3) is 2.75. The second-order valence-corrected chi connectivity index (χ2v) is 6.07. The van der Waals surface area contributed by atoms with Gasteiger partial charge in [0, 0.05) is 10.9 Å². The third-order valence-electron chi connectivity index (χ3n) is 3.39. The van der Waals surface area contributed by atoms with Crippen molar-refractivity contribution in [2.24, 2.45) is 0 Å². The van der Waals surface area contributed by atoms with Gasteiger partial charge in [0.2, 0.25) is 0 Å². The minimum Gasteiger partial charge on any atom is -0.464 e. The van der Waals surface area contributed by atoms with Gasteiger partial charge >= 0.3 is 0 Å². The van der Waals surface area contributed by atoms with E-state index in [1.54, 1.807) is 0 Å². The van der Waals surface area contributed by atoms with Gasteiger partial charge in [-0.15, -0.1) is 0 Å². The Balaban J connectivity index is 2.18. The summed E-state index contributed by atoms with van der Waals surface area (Å²) >= 11 is 0. The van der Waals surface area contributed by atoms with Crippen molar-refractivity contribution in [3.05, 3.63) is 35.1 Å². The molecule has 1 N–H and O–H groups in total. The molecule has 0 unspecified atom stereocenters. The Bertz CT molecular complexity index is 546. The highest BCUT2D eigenvalue weighted by Gasteiger charge is 2.11. The normalized spacial score (nSPS) is 12.3. The number of rotatable bonds is 3. The van der Waals surface area contributed by atoms with E-state index in [1.807, 2.05) is 6.26 Å². The Labute approximate surface area is 109 Å². The van der Waals surface area contributed by atoms with Crippen molar-refractivity contribution in [2.45, 2.75) is 46.6 Å². The monoisotopic (exact) mass is 245 g/mol. The minimum atomic E-state index is 0.173. The number of fused-ring (bicyclic) bond motifs is 1. The first-order chi connectivity index (χ1) is 8.38. The molecular weight excluding hydrogens is 222 g/mol. The Hall–Kier alpha value is -1.28. The molecule has 0 aliphatic rings. The molecule has 0 spiro atoms. The van der Waals surface area contributed by atoms with Crippen molar-refractivity contribution < 1.29 is 4.42 Å². The lowest BCUT2D eigenvalue weighted by Gasteiger charge is -2.20. The first-order valence-corrected chi connectivity index (χ1v) is 6.60. The van der Waals surface area contributed by atoms with E-state index in [9.17, 15) is 0 Å². The van der Waals surface area contributed by atoms with Crippen molar-refractivity contribution in [3.63, 3.8) is 0 Å². The highest BCUT2D eigenvalue weighted by atomic mass is 16.3. The van der Waals surface area contributed by atoms with Gasteiger partial charge in [0.05, 0.1) is 6.26 Å². The van der Waals surface area contributed by atoms with Gasteiger partial charge < -0.3 is 9.73 Å². The molecule has 0 amide bonds. The Morgan fingerprint density at radius 1 is 1.17 bits per heavy atom. The maximum Gasteiger partial charge on any atom is 0.137 e. The van der Waals surface area contributed by atoms with Crippen LogP contribution in [0.15, 0.2) is 22.8 Å². The molecule has 18 heavy (non-hydrogen) atoms. The fraction of sp³-hybridized carbons (Fsp3) is 0.500. The molecule has 0 fully saturated rings. The molecule has 2 nitrogen and oxygen atoms in total. The molecule has 1 aromatic carbocycles. The highest BCUT2D eigenvalue weighted by Crippen LogP contribution is 2.26. The number of benzene rings is 1. The van der Waals surface area contributed by atoms with E-state index in [2.05, 4.69) is 52.1 Å². The Morgan fingerprint density at radius 2 is 1.89 bits per heavy atom. The van der Waals surface area contributed by atoms with Crippen LogP contribution in [-0.2, 0) is 6.42 Å². The largest absolute Gasteiger partial charge is 0.464 e. The van der Waals surface area contributed by atoms with Gasteiger partial charge in [-0.05, 0) is 64.3 Å². The molecule has 0 saturated carbocycles. The van der Waals surface area contributed by atoms with Crippen LogP contribution in [0.25, 0.3) is 11.0 Å². The molecule has 0 atom stereocenters. The van der Waals surface area contributed by atoms with Crippen molar-refractivity contribution in [2.75, 3.05) is 6.54 Å². The standard InChI is InChI=1S/C16H23NO/c1-11-6-7-14-13(8-9-17-16(3,4)5)10-18-15(14)12(11)2/h6-7,10,17H,8-9H2,1-5H3. The average Bonchev–Trinajstić information content (AvgIpc) is 2.66. The molecule has 0 bridgehead atoms. The zero-order valence-electron chi connectivity index (χ0n) is 12.1. The second kappa shape index (κ2) is 4.77. The quantitative estimate of drug-likeness (QED) is 0.884. The summed E-state index contributed by atoms with van der Waals surface area (Å²) in [6.45, 7) is 11.8. The first-order valence-electron chi connectivity index (χ1n) is 6.60. The third-order valence-corrected chi connectivity index (χ3v) is 3.39. The summed E-state index contributed by atoms with van der Waals surface area (Å²) in [5, 5.41) is 4.77. The van der Waals surface area contributed by atoms with Crippen molar-refractivity contribution in [3.8, 4) is 0 Å². The van der Waals surface area contributed by atoms with E-state index in [4.69, 9.17) is 4.42 Å². The fourth-order valence-corrected chi connectivity index (χ4v) is 2.15. The number of nitrogens with one attached hydrogen (secondary N) is 1. The van der Waals surface area contributed by atoms with Crippen LogP contribution in [0.2, 0.25) is 0 Å². The van der Waals surface area contributed by atoms with Gasteiger partial charge in [-0.3, -0.25) is 0 Å². The molecule has 0 radical (unpaired) electrons. The van der Waals surface area contributed by atoms with Crippen LogP contribution < -0.4 is 5.32 Å². The molecule has 1 aromatic heterocycles. The maximum absolute atomic E-state index is 5.72. The second-order valence-electron chi connectivity index (χ2n) is 6.07. The van der Waals surface area contributed by atoms with Crippen LogP contribution in [0, 0.1) is 13.8 Å². The topological polar surface area (TPSA) is 25.2 Å². The lowest BCUT2D eigenvalue weighted by Crippen LogP contribution is -2.37. The van der Waals surface area contributed by atoms with Gasteiger partial charge in [0.15, 0.2) is 0 Å². The van der Waals surface area contributed by atoms with E-state index in [1.165, 1.54) is 22.1 Å². The summed E-state index contributed by atoms with van der Waals surface area (Å²) in [6, 6.07) is 4.35. The summed E-state index contributed by atoms with van der Waals surface area (Å²) in [7, 11) is 0. The number of hydrogen-bond acceptors (Lipinski definition) is 2. The van der Waals surface area contributed by atoms with Gasteiger partial charge in [0.1, 0.15) is 5.58 Å². The Kier molecular flexibility index (Phi) is 3.49. The van der Waals surface area contributed by atoms with Crippen LogP contribution in [-0.4, -0.2) is 12.1 Å². The van der Waals surface area contributed by atoms with Gasteiger partial charge in [-0.25, -0.2) is 0 Å². The summed E-state index contributed by atoms with van der Waals surface area (Å²) in [5.74, 6) is 0. The zero-order valence-corrected chi connectivity index (χ0v) is 12.1. The number of furan rings is 1. The fourth-order valence-electron chi connectivity index (χ4n) is 2.15.